The van der Waals surface area contributed by atoms with Crippen molar-refractivity contribution in [1.82, 2.24) is 9.80 Å². The van der Waals surface area contributed by atoms with Crippen LogP contribution >= 0.6 is 15.9 Å². The Labute approximate surface area is 299 Å². The maximum absolute atomic E-state index is 14.3. The minimum atomic E-state index is -1.04. The maximum Gasteiger partial charge on any atom is 0.410 e. The molecule has 2 saturated heterocycles. The van der Waals surface area contributed by atoms with E-state index < -0.39 is 34.8 Å². The Morgan fingerprint density at radius 2 is 1.30 bits per heavy atom. The van der Waals surface area contributed by atoms with E-state index in [4.69, 9.17) is 18.9 Å². The van der Waals surface area contributed by atoms with Crippen molar-refractivity contribution in [1.29, 1.82) is 0 Å². The van der Waals surface area contributed by atoms with Crippen LogP contribution in [0.15, 0.2) is 59.1 Å². The zero-order valence-corrected chi connectivity index (χ0v) is 30.6. The number of likely N-dealkylation sites (tertiary alicyclic amines) is 2. The van der Waals surface area contributed by atoms with Gasteiger partial charge in [0.15, 0.2) is 11.6 Å². The lowest BCUT2D eigenvalue weighted by molar-refractivity contribution is 0.0266. The summed E-state index contributed by atoms with van der Waals surface area (Å²) in [6.45, 7) is 12.5. The summed E-state index contributed by atoms with van der Waals surface area (Å²) in [4.78, 5) is 41.6. The fourth-order valence-electron chi connectivity index (χ4n) is 5.53. The van der Waals surface area contributed by atoms with Crippen LogP contribution in [0.4, 0.5) is 24.1 Å². The van der Waals surface area contributed by atoms with E-state index in [2.05, 4.69) is 21.2 Å². The Hall–Kier alpha value is -4.39. The summed E-state index contributed by atoms with van der Waals surface area (Å²) >= 11 is 3.52. The topological polar surface area (TPSA) is 107 Å². The Morgan fingerprint density at radius 3 is 1.84 bits per heavy atom. The van der Waals surface area contributed by atoms with Crippen molar-refractivity contribution in [3.05, 3.63) is 76.3 Å². The average Bonchev–Trinajstić information content (AvgIpc) is 3.69. The molecule has 2 aliphatic heterocycles. The zero-order valence-electron chi connectivity index (χ0n) is 29.0. The van der Waals surface area contributed by atoms with Crippen molar-refractivity contribution < 1.29 is 42.1 Å². The molecule has 0 radical (unpaired) electrons. The highest BCUT2D eigenvalue weighted by atomic mass is 79.9. The molecule has 2 heterocycles. The zero-order chi connectivity index (χ0) is 36.4. The molecule has 0 aliphatic carbocycles. The van der Waals surface area contributed by atoms with Gasteiger partial charge in [-0.25, -0.2) is 18.4 Å². The second-order valence-corrected chi connectivity index (χ2v) is 15.2. The Kier molecular flexibility index (Phi) is 10.9. The van der Waals surface area contributed by atoms with Crippen molar-refractivity contribution >= 4 is 39.7 Å². The Balaban J connectivity index is 1.27. The molecule has 3 aromatic rings. The van der Waals surface area contributed by atoms with Crippen LogP contribution in [0.3, 0.4) is 0 Å². The number of carbonyl (C=O) groups excluding carboxylic acids is 3. The third-order valence-corrected chi connectivity index (χ3v) is 8.46. The fraction of sp³-hybridized carbons (Fsp3) is 0.432. The first-order chi connectivity index (χ1) is 23.4. The molecule has 1 unspecified atom stereocenters. The number of hydrogen-bond acceptors (Lipinski definition) is 7. The van der Waals surface area contributed by atoms with Crippen LogP contribution in [0.25, 0.3) is 11.1 Å². The van der Waals surface area contributed by atoms with E-state index >= 15 is 0 Å². The number of nitrogens with zero attached hydrogens (tertiary/aromatic N) is 2. The number of anilines is 1. The lowest BCUT2D eigenvalue weighted by Gasteiger charge is -2.24. The van der Waals surface area contributed by atoms with Crippen LogP contribution < -0.4 is 14.8 Å². The van der Waals surface area contributed by atoms with Gasteiger partial charge in [0.05, 0.1) is 17.6 Å². The number of ether oxygens (including phenoxy) is 4. The fourth-order valence-corrected chi connectivity index (χ4v) is 6.01. The van der Waals surface area contributed by atoms with Gasteiger partial charge in [-0.1, -0.05) is 6.07 Å². The van der Waals surface area contributed by atoms with Gasteiger partial charge in [0.25, 0.3) is 5.91 Å². The first-order valence-electron chi connectivity index (χ1n) is 16.4. The predicted octanol–water partition coefficient (Wildman–Crippen LogP) is 8.42. The highest BCUT2D eigenvalue weighted by Gasteiger charge is 2.33. The van der Waals surface area contributed by atoms with Crippen LogP contribution in [-0.4, -0.2) is 77.5 Å². The summed E-state index contributed by atoms with van der Waals surface area (Å²) in [5, 5.41) is 2.87. The number of rotatable bonds is 7. The SMILES string of the molecule is CC(C)(C)OC(=O)N1CCC(Oc2ccc(C(=O)Nc3ccc(O[C@H]4CCN(C(=O)OC(C)(C)C)C4)c(Br)c3)cc2-c2ccc(F)c(F)c2)C1. The molecule has 3 amide bonds. The van der Waals surface area contributed by atoms with E-state index in [-0.39, 0.29) is 30.4 Å². The van der Waals surface area contributed by atoms with Gasteiger partial charge in [0.1, 0.15) is 34.9 Å². The van der Waals surface area contributed by atoms with Gasteiger partial charge in [0, 0.05) is 42.7 Å². The molecule has 13 heteroatoms. The van der Waals surface area contributed by atoms with Gasteiger partial charge >= 0.3 is 12.2 Å². The van der Waals surface area contributed by atoms with E-state index in [9.17, 15) is 23.2 Å². The standard InChI is InChI=1S/C37H42BrF2N3O7/c1-36(2,3)49-34(45)42-15-13-25(20-42)47-31-11-8-23(17-27(31)22-7-10-29(39)30(40)18-22)33(44)41-24-9-12-32(28(38)19-24)48-26-14-16-43(21-26)35(46)50-37(4,5)6/h7-12,17-19,25-26H,13-16,20-21H2,1-6H3,(H,41,44)/t25?,26-/m0/s1. The molecular formula is C37H42BrF2N3O7. The number of carbonyl (C=O) groups is 3. The molecule has 0 spiro atoms. The summed E-state index contributed by atoms with van der Waals surface area (Å²) in [6.07, 6.45) is -0.237. The summed E-state index contributed by atoms with van der Waals surface area (Å²) in [5.74, 6) is -1.58. The van der Waals surface area contributed by atoms with Crippen molar-refractivity contribution in [3.8, 4) is 22.6 Å². The summed E-state index contributed by atoms with van der Waals surface area (Å²) in [7, 11) is 0. The summed E-state index contributed by atoms with van der Waals surface area (Å²) in [5.41, 5.74) is 0.215. The van der Waals surface area contributed by atoms with E-state index in [1.54, 1.807) is 67.0 Å². The van der Waals surface area contributed by atoms with Crippen molar-refractivity contribution in [3.63, 3.8) is 0 Å². The minimum absolute atomic E-state index is 0.223. The molecule has 3 aromatic carbocycles. The third-order valence-electron chi connectivity index (χ3n) is 7.84. The van der Waals surface area contributed by atoms with Gasteiger partial charge in [-0.05, 0) is 112 Å². The highest BCUT2D eigenvalue weighted by molar-refractivity contribution is 9.10. The number of halogens is 3. The second-order valence-electron chi connectivity index (χ2n) is 14.3. The largest absolute Gasteiger partial charge is 0.488 e. The molecule has 2 fully saturated rings. The molecule has 0 bridgehead atoms. The normalized spacial score (nSPS) is 17.8. The number of nitrogens with one attached hydrogen (secondary N) is 1. The monoisotopic (exact) mass is 757 g/mol. The van der Waals surface area contributed by atoms with Crippen LogP contribution in [0.1, 0.15) is 64.7 Å². The molecule has 5 rings (SSSR count). The third kappa shape index (κ3) is 9.64. The number of benzene rings is 3. The highest BCUT2D eigenvalue weighted by Crippen LogP contribution is 2.35. The summed E-state index contributed by atoms with van der Waals surface area (Å²) < 4.78 is 52.2. The first kappa shape index (κ1) is 36.9. The minimum Gasteiger partial charge on any atom is -0.488 e. The maximum atomic E-state index is 14.3. The Morgan fingerprint density at radius 1 is 0.740 bits per heavy atom. The van der Waals surface area contributed by atoms with Gasteiger partial charge in [-0.2, -0.15) is 0 Å². The molecule has 0 saturated carbocycles. The lowest BCUT2D eigenvalue weighted by atomic mass is 10.0. The number of amides is 3. The first-order valence-corrected chi connectivity index (χ1v) is 17.2. The molecule has 2 aliphatic rings. The molecule has 0 aromatic heterocycles. The Bertz CT molecular complexity index is 1760. The van der Waals surface area contributed by atoms with Crippen molar-refractivity contribution in [2.45, 2.75) is 77.8 Å². The van der Waals surface area contributed by atoms with Crippen molar-refractivity contribution in [2.75, 3.05) is 31.5 Å². The van der Waals surface area contributed by atoms with Gasteiger partial charge in [-0.3, -0.25) is 4.79 Å². The van der Waals surface area contributed by atoms with E-state index in [1.807, 2.05) is 20.8 Å². The average molecular weight is 759 g/mol. The summed E-state index contributed by atoms with van der Waals surface area (Å²) in [6, 6.07) is 13.4. The smallest absolute Gasteiger partial charge is 0.410 e. The lowest BCUT2D eigenvalue weighted by Crippen LogP contribution is -2.36. The molecule has 1 N–H and O–H groups in total. The van der Waals surface area contributed by atoms with Crippen LogP contribution in [0.5, 0.6) is 11.5 Å². The predicted molar refractivity (Wildman–Crippen MR) is 188 cm³/mol. The van der Waals surface area contributed by atoms with Crippen LogP contribution in [-0.2, 0) is 9.47 Å². The second kappa shape index (κ2) is 14.8. The van der Waals surface area contributed by atoms with Gasteiger partial charge in [0.2, 0.25) is 0 Å². The van der Waals surface area contributed by atoms with Crippen LogP contribution in [0, 0.1) is 11.6 Å². The molecule has 2 atom stereocenters. The van der Waals surface area contributed by atoms with E-state index in [0.717, 1.165) is 12.1 Å². The van der Waals surface area contributed by atoms with E-state index in [1.165, 1.54) is 6.07 Å². The molecule has 268 valence electrons. The van der Waals surface area contributed by atoms with E-state index in [0.29, 0.717) is 65.3 Å². The molecular weight excluding hydrogens is 716 g/mol. The quantitative estimate of drug-likeness (QED) is 0.258. The molecule has 50 heavy (non-hydrogen) atoms. The van der Waals surface area contributed by atoms with Crippen LogP contribution in [0.2, 0.25) is 0 Å². The van der Waals surface area contributed by atoms with Gasteiger partial charge < -0.3 is 34.1 Å². The van der Waals surface area contributed by atoms with Crippen molar-refractivity contribution in [2.24, 2.45) is 0 Å². The van der Waals surface area contributed by atoms with Gasteiger partial charge in [-0.15, -0.1) is 0 Å². The number of hydrogen-bond donors (Lipinski definition) is 1. The molecule has 10 nitrogen and oxygen atoms in total.